The maximum atomic E-state index is 10.4. The summed E-state index contributed by atoms with van der Waals surface area (Å²) >= 11 is 0. The van der Waals surface area contributed by atoms with Crippen molar-refractivity contribution >= 4 is 0 Å². The molecule has 18 heavy (non-hydrogen) atoms. The topological polar surface area (TPSA) is 32.7 Å². The number of nitrogens with zero attached hydrogens (tertiary/aromatic N) is 1. The minimum absolute atomic E-state index is 0.105. The molecular weight excluding hydrogens is 226 g/mol. The highest BCUT2D eigenvalue weighted by atomic mass is 16.5. The van der Waals surface area contributed by atoms with Crippen molar-refractivity contribution < 1.29 is 9.84 Å². The Morgan fingerprint density at radius 2 is 1.67 bits per heavy atom. The molecule has 0 aliphatic rings. The first-order valence-corrected chi connectivity index (χ1v) is 6.22. The molecule has 0 radical (unpaired) electrons. The number of ether oxygens (including phenoxy) is 1. The summed E-state index contributed by atoms with van der Waals surface area (Å²) in [6.07, 6.45) is 0. The Balaban J connectivity index is 3.41. The van der Waals surface area contributed by atoms with Crippen molar-refractivity contribution in [1.82, 2.24) is 4.90 Å². The molecule has 0 aliphatic heterocycles. The molecule has 0 amide bonds. The van der Waals surface area contributed by atoms with Crippen molar-refractivity contribution in [3.8, 4) is 5.75 Å². The molecule has 1 N–H and O–H groups in total. The SMILES string of the molecule is COc1cc(C)c(C)cc1C(N(C)C)C(C)(C)O. The van der Waals surface area contributed by atoms with Crippen molar-refractivity contribution in [2.75, 3.05) is 21.2 Å². The van der Waals surface area contributed by atoms with E-state index in [0.29, 0.717) is 0 Å². The van der Waals surface area contributed by atoms with Crippen LogP contribution in [0.2, 0.25) is 0 Å². The Morgan fingerprint density at radius 3 is 2.06 bits per heavy atom. The molecule has 0 saturated carbocycles. The summed E-state index contributed by atoms with van der Waals surface area (Å²) in [5.41, 5.74) is 2.60. The van der Waals surface area contributed by atoms with Gasteiger partial charge in [-0.1, -0.05) is 6.07 Å². The van der Waals surface area contributed by atoms with Crippen LogP contribution in [0.1, 0.15) is 36.6 Å². The zero-order chi connectivity index (χ0) is 14.1. The lowest BCUT2D eigenvalue weighted by Gasteiger charge is -2.36. The number of hydrogen-bond acceptors (Lipinski definition) is 3. The van der Waals surface area contributed by atoms with Gasteiger partial charge in [-0.25, -0.2) is 0 Å². The van der Waals surface area contributed by atoms with Gasteiger partial charge in [0.1, 0.15) is 5.75 Å². The van der Waals surface area contributed by atoms with E-state index >= 15 is 0 Å². The molecular formula is C15H25NO2. The van der Waals surface area contributed by atoms with Gasteiger partial charge in [-0.3, -0.25) is 4.90 Å². The third-order valence-electron chi connectivity index (χ3n) is 3.33. The molecule has 3 heteroatoms. The van der Waals surface area contributed by atoms with Crippen molar-refractivity contribution in [3.05, 3.63) is 28.8 Å². The van der Waals surface area contributed by atoms with Gasteiger partial charge in [0.15, 0.2) is 0 Å². The van der Waals surface area contributed by atoms with Crippen LogP contribution in [0.25, 0.3) is 0 Å². The molecule has 102 valence electrons. The van der Waals surface area contributed by atoms with Gasteiger partial charge in [0, 0.05) is 5.56 Å². The summed E-state index contributed by atoms with van der Waals surface area (Å²) in [5.74, 6) is 0.832. The molecule has 0 fully saturated rings. The molecule has 0 bridgehead atoms. The highest BCUT2D eigenvalue weighted by Crippen LogP contribution is 2.37. The smallest absolute Gasteiger partial charge is 0.124 e. The fourth-order valence-corrected chi connectivity index (χ4v) is 2.49. The molecule has 3 nitrogen and oxygen atoms in total. The van der Waals surface area contributed by atoms with Crippen LogP contribution in [-0.2, 0) is 0 Å². The molecule has 0 heterocycles. The van der Waals surface area contributed by atoms with E-state index in [2.05, 4.69) is 19.9 Å². The first-order valence-electron chi connectivity index (χ1n) is 6.22. The Labute approximate surface area is 110 Å². The van der Waals surface area contributed by atoms with Crippen molar-refractivity contribution in [3.63, 3.8) is 0 Å². The lowest BCUT2D eigenvalue weighted by Crippen LogP contribution is -2.38. The van der Waals surface area contributed by atoms with E-state index in [1.54, 1.807) is 7.11 Å². The summed E-state index contributed by atoms with van der Waals surface area (Å²) < 4.78 is 5.47. The Kier molecular flexibility index (Phi) is 4.41. The molecule has 0 spiro atoms. The monoisotopic (exact) mass is 251 g/mol. The van der Waals surface area contributed by atoms with Crippen LogP contribution < -0.4 is 4.74 Å². The highest BCUT2D eigenvalue weighted by molar-refractivity contribution is 5.44. The molecule has 0 saturated heterocycles. The predicted molar refractivity (Wildman–Crippen MR) is 75.2 cm³/mol. The maximum Gasteiger partial charge on any atom is 0.124 e. The largest absolute Gasteiger partial charge is 0.496 e. The second-order valence-corrected chi connectivity index (χ2v) is 5.70. The maximum absolute atomic E-state index is 10.4. The van der Waals surface area contributed by atoms with E-state index < -0.39 is 5.60 Å². The van der Waals surface area contributed by atoms with E-state index in [4.69, 9.17) is 4.74 Å². The van der Waals surface area contributed by atoms with Gasteiger partial charge >= 0.3 is 0 Å². The molecule has 0 aromatic heterocycles. The van der Waals surface area contributed by atoms with Crippen LogP contribution >= 0.6 is 0 Å². The van der Waals surface area contributed by atoms with E-state index in [0.717, 1.165) is 11.3 Å². The van der Waals surface area contributed by atoms with Crippen LogP contribution in [0, 0.1) is 13.8 Å². The summed E-state index contributed by atoms with van der Waals surface area (Å²) in [6, 6.07) is 4.04. The Bertz CT molecular complexity index is 419. The minimum atomic E-state index is -0.835. The van der Waals surface area contributed by atoms with Gasteiger partial charge in [-0.2, -0.15) is 0 Å². The van der Waals surface area contributed by atoms with Crippen molar-refractivity contribution in [2.24, 2.45) is 0 Å². The second-order valence-electron chi connectivity index (χ2n) is 5.70. The minimum Gasteiger partial charge on any atom is -0.496 e. The average Bonchev–Trinajstić information content (AvgIpc) is 2.20. The van der Waals surface area contributed by atoms with Gasteiger partial charge in [0.05, 0.1) is 18.8 Å². The lowest BCUT2D eigenvalue weighted by atomic mass is 9.88. The van der Waals surface area contributed by atoms with Gasteiger partial charge in [-0.05, 0) is 59.0 Å². The number of rotatable bonds is 4. The van der Waals surface area contributed by atoms with Crippen LogP contribution in [0.4, 0.5) is 0 Å². The predicted octanol–water partition coefficient (Wildman–Crippen LogP) is 2.69. The van der Waals surface area contributed by atoms with Crippen LogP contribution in [0.3, 0.4) is 0 Å². The third kappa shape index (κ3) is 3.03. The summed E-state index contributed by atoms with van der Waals surface area (Å²) in [7, 11) is 5.61. The molecule has 1 aromatic carbocycles. The fraction of sp³-hybridized carbons (Fsp3) is 0.600. The molecule has 1 rings (SSSR count). The second kappa shape index (κ2) is 5.29. The molecule has 1 unspecified atom stereocenters. The number of likely N-dealkylation sites (N-methyl/N-ethyl adjacent to an activating group) is 1. The van der Waals surface area contributed by atoms with Gasteiger partial charge in [-0.15, -0.1) is 0 Å². The zero-order valence-electron chi connectivity index (χ0n) is 12.5. The number of aliphatic hydroxyl groups is 1. The lowest BCUT2D eigenvalue weighted by molar-refractivity contribution is -0.00412. The first-order chi connectivity index (χ1) is 8.18. The number of methoxy groups -OCH3 is 1. The Hall–Kier alpha value is -1.06. The van der Waals surface area contributed by atoms with Gasteiger partial charge in [0.25, 0.3) is 0 Å². The highest BCUT2D eigenvalue weighted by Gasteiger charge is 2.32. The molecule has 1 aromatic rings. The normalized spacial score (nSPS) is 13.8. The quantitative estimate of drug-likeness (QED) is 0.893. The van der Waals surface area contributed by atoms with Crippen LogP contribution in [-0.4, -0.2) is 36.8 Å². The Morgan fingerprint density at radius 1 is 1.17 bits per heavy atom. The summed E-state index contributed by atoms with van der Waals surface area (Å²) in [4.78, 5) is 2.02. The third-order valence-corrected chi connectivity index (χ3v) is 3.33. The number of aryl methyl sites for hydroxylation is 2. The molecule has 1 atom stereocenters. The van der Waals surface area contributed by atoms with Gasteiger partial charge < -0.3 is 9.84 Å². The van der Waals surface area contributed by atoms with E-state index in [1.165, 1.54) is 11.1 Å². The number of benzene rings is 1. The summed E-state index contributed by atoms with van der Waals surface area (Å²) in [5, 5.41) is 10.4. The first kappa shape index (κ1) is 15.0. The summed E-state index contributed by atoms with van der Waals surface area (Å²) in [6.45, 7) is 7.80. The van der Waals surface area contributed by atoms with Crippen molar-refractivity contribution in [1.29, 1.82) is 0 Å². The van der Waals surface area contributed by atoms with Crippen LogP contribution in [0.5, 0.6) is 5.75 Å². The molecule has 0 aliphatic carbocycles. The fourth-order valence-electron chi connectivity index (χ4n) is 2.49. The van der Waals surface area contributed by atoms with Gasteiger partial charge in [0.2, 0.25) is 0 Å². The van der Waals surface area contributed by atoms with E-state index in [1.807, 2.05) is 38.9 Å². The average molecular weight is 251 g/mol. The van der Waals surface area contributed by atoms with E-state index in [9.17, 15) is 5.11 Å². The standard InChI is InChI=1S/C15H25NO2/c1-10-8-12(13(18-7)9-11(10)2)14(16(5)6)15(3,4)17/h8-9,14,17H,1-7H3. The van der Waals surface area contributed by atoms with Crippen LogP contribution in [0.15, 0.2) is 12.1 Å². The van der Waals surface area contributed by atoms with E-state index in [-0.39, 0.29) is 6.04 Å². The zero-order valence-corrected chi connectivity index (χ0v) is 12.5. The van der Waals surface area contributed by atoms with Crippen molar-refractivity contribution in [2.45, 2.75) is 39.3 Å². The number of hydrogen-bond donors (Lipinski definition) is 1.